The van der Waals surface area contributed by atoms with Crippen molar-refractivity contribution in [3.8, 4) is 5.75 Å². The minimum atomic E-state index is -0.600. The molecule has 132 valence electrons. The summed E-state index contributed by atoms with van der Waals surface area (Å²) in [5.41, 5.74) is 2.12. The summed E-state index contributed by atoms with van der Waals surface area (Å²) in [6.07, 6.45) is 2.30. The van der Waals surface area contributed by atoms with Gasteiger partial charge in [-0.15, -0.1) is 0 Å². The zero-order valence-corrected chi connectivity index (χ0v) is 14.4. The molecule has 1 aromatic carbocycles. The Morgan fingerprint density at radius 2 is 2.00 bits per heavy atom. The van der Waals surface area contributed by atoms with Gasteiger partial charge in [-0.05, 0) is 57.4 Å². The summed E-state index contributed by atoms with van der Waals surface area (Å²) >= 11 is 0. The highest BCUT2D eigenvalue weighted by molar-refractivity contribution is 5.93. The fraction of sp³-hybridized carbons (Fsp3) is 0.421. The molecule has 2 aromatic rings. The van der Waals surface area contributed by atoms with Crippen molar-refractivity contribution in [1.29, 1.82) is 0 Å². The maximum absolute atomic E-state index is 12.2. The van der Waals surface area contributed by atoms with Crippen molar-refractivity contribution in [3.63, 3.8) is 0 Å². The number of carbonyl (C=O) groups excluding carboxylic acids is 2. The average Bonchev–Trinajstić information content (AvgIpc) is 2.93. The molecule has 1 saturated carbocycles. The second-order valence-corrected chi connectivity index (χ2v) is 6.22. The lowest BCUT2D eigenvalue weighted by Gasteiger charge is -2.20. The Bertz CT molecular complexity index is 743. The summed E-state index contributed by atoms with van der Waals surface area (Å²) < 4.78 is 16.1. The molecule has 1 aliphatic rings. The number of nitrogens with zero attached hydrogens (tertiary/aromatic N) is 1. The molecule has 0 bridgehead atoms. The van der Waals surface area contributed by atoms with Crippen LogP contribution in [-0.4, -0.2) is 23.0 Å². The minimum Gasteiger partial charge on any atom is -0.489 e. The van der Waals surface area contributed by atoms with Gasteiger partial charge >= 0.3 is 5.97 Å². The number of hydrogen-bond acceptors (Lipinski definition) is 6. The highest BCUT2D eigenvalue weighted by atomic mass is 16.5. The van der Waals surface area contributed by atoms with E-state index in [9.17, 15) is 9.59 Å². The quantitative estimate of drug-likeness (QED) is 0.773. The molecular weight excluding hydrogens is 322 g/mol. The number of Topliss-reactive ketones (excluding diaryl/α,β-unsaturated/α-hetero) is 1. The first-order valence-electron chi connectivity index (χ1n) is 8.43. The third-order valence-corrected chi connectivity index (χ3v) is 4.40. The van der Waals surface area contributed by atoms with Crippen molar-refractivity contribution >= 4 is 11.8 Å². The summed E-state index contributed by atoms with van der Waals surface area (Å²) in [6.45, 7) is 4.05. The van der Waals surface area contributed by atoms with Crippen LogP contribution in [0.15, 0.2) is 28.8 Å². The molecule has 0 aliphatic heterocycles. The number of rotatable bonds is 5. The van der Waals surface area contributed by atoms with Crippen LogP contribution in [0.25, 0.3) is 0 Å². The molecule has 0 amide bonds. The topological polar surface area (TPSA) is 78.6 Å². The van der Waals surface area contributed by atoms with Crippen molar-refractivity contribution < 1.29 is 23.6 Å². The first kappa shape index (κ1) is 17.2. The van der Waals surface area contributed by atoms with E-state index in [1.54, 1.807) is 24.3 Å². The molecule has 0 saturated heterocycles. The van der Waals surface area contributed by atoms with Crippen LogP contribution in [0, 0.1) is 13.8 Å². The smallest absolute Gasteiger partial charge is 0.338 e. The van der Waals surface area contributed by atoms with Gasteiger partial charge in [-0.3, -0.25) is 4.79 Å². The summed E-state index contributed by atoms with van der Waals surface area (Å²) in [5, 5.41) is 3.88. The molecule has 0 N–H and O–H groups in total. The summed E-state index contributed by atoms with van der Waals surface area (Å²) in [5.74, 6) is 0.900. The van der Waals surface area contributed by atoms with Crippen molar-refractivity contribution in [2.24, 2.45) is 0 Å². The molecule has 1 fully saturated rings. The lowest BCUT2D eigenvalue weighted by Crippen LogP contribution is -2.30. The molecule has 25 heavy (non-hydrogen) atoms. The number of benzene rings is 1. The summed E-state index contributed by atoms with van der Waals surface area (Å²) in [6, 6.07) is 6.69. The standard InChI is InChI=1S/C19H21NO5/c1-12-16(13(2)25-20-12)11-23-15-9-7-14(8-10-15)19(22)24-18-6-4-3-5-17(18)21/h7-10,18H,3-6,11H2,1-2H3/t18-/m1/s1. The number of ketones is 1. The first-order valence-corrected chi connectivity index (χ1v) is 8.43. The molecule has 6 nitrogen and oxygen atoms in total. The van der Waals surface area contributed by atoms with Gasteiger partial charge in [-0.25, -0.2) is 4.79 Å². The molecule has 0 radical (unpaired) electrons. The van der Waals surface area contributed by atoms with Crippen molar-refractivity contribution in [2.45, 2.75) is 52.2 Å². The molecule has 6 heteroatoms. The van der Waals surface area contributed by atoms with Gasteiger partial charge in [-0.2, -0.15) is 0 Å². The van der Waals surface area contributed by atoms with Gasteiger partial charge in [-0.1, -0.05) is 5.16 Å². The van der Waals surface area contributed by atoms with Gasteiger partial charge < -0.3 is 14.0 Å². The average molecular weight is 343 g/mol. The third-order valence-electron chi connectivity index (χ3n) is 4.40. The van der Waals surface area contributed by atoms with Gasteiger partial charge in [0.1, 0.15) is 18.1 Å². The van der Waals surface area contributed by atoms with Crippen LogP contribution in [0.1, 0.15) is 53.1 Å². The van der Waals surface area contributed by atoms with Crippen LogP contribution in [0.3, 0.4) is 0 Å². The van der Waals surface area contributed by atoms with Crippen LogP contribution < -0.4 is 4.74 Å². The molecule has 1 aromatic heterocycles. The molecule has 1 atom stereocenters. The number of carbonyl (C=O) groups is 2. The van der Waals surface area contributed by atoms with Gasteiger partial charge in [0.2, 0.25) is 0 Å². The predicted octanol–water partition coefficient (Wildman–Crippen LogP) is 3.54. The lowest BCUT2D eigenvalue weighted by atomic mass is 9.96. The molecule has 0 spiro atoms. The van der Waals surface area contributed by atoms with E-state index in [2.05, 4.69) is 5.16 Å². The number of aryl methyl sites for hydroxylation is 2. The molecule has 1 heterocycles. The van der Waals surface area contributed by atoms with Gasteiger partial charge in [0.25, 0.3) is 0 Å². The van der Waals surface area contributed by atoms with Gasteiger partial charge in [0.05, 0.1) is 16.8 Å². The SMILES string of the molecule is Cc1noc(C)c1COc1ccc(C(=O)O[C@@H]2CCCCC2=O)cc1. The molecule has 0 unspecified atom stereocenters. The monoisotopic (exact) mass is 343 g/mol. The predicted molar refractivity (Wildman–Crippen MR) is 89.4 cm³/mol. The van der Waals surface area contributed by atoms with E-state index in [-0.39, 0.29) is 5.78 Å². The third kappa shape index (κ3) is 4.07. The van der Waals surface area contributed by atoms with E-state index < -0.39 is 12.1 Å². The fourth-order valence-corrected chi connectivity index (χ4v) is 2.82. The highest BCUT2D eigenvalue weighted by Crippen LogP contribution is 2.21. The van der Waals surface area contributed by atoms with E-state index in [4.69, 9.17) is 14.0 Å². The highest BCUT2D eigenvalue weighted by Gasteiger charge is 2.26. The molecule has 1 aliphatic carbocycles. The Kier molecular flexibility index (Phi) is 5.16. The van der Waals surface area contributed by atoms with Crippen molar-refractivity contribution in [2.75, 3.05) is 0 Å². The molecule has 3 rings (SSSR count). The van der Waals surface area contributed by atoms with Crippen LogP contribution in [0.2, 0.25) is 0 Å². The van der Waals surface area contributed by atoms with E-state index in [1.165, 1.54) is 0 Å². The summed E-state index contributed by atoms with van der Waals surface area (Å²) in [7, 11) is 0. The van der Waals surface area contributed by atoms with Crippen LogP contribution in [0.5, 0.6) is 5.75 Å². The number of hydrogen-bond donors (Lipinski definition) is 0. The summed E-state index contributed by atoms with van der Waals surface area (Å²) in [4.78, 5) is 23.9. The zero-order chi connectivity index (χ0) is 17.8. The van der Waals surface area contributed by atoms with E-state index in [1.807, 2.05) is 13.8 Å². The second kappa shape index (κ2) is 7.51. The first-order chi connectivity index (χ1) is 12.0. The lowest BCUT2D eigenvalue weighted by molar-refractivity contribution is -0.129. The van der Waals surface area contributed by atoms with E-state index in [0.717, 1.165) is 29.9 Å². The zero-order valence-electron chi connectivity index (χ0n) is 14.4. The maximum Gasteiger partial charge on any atom is 0.338 e. The number of esters is 1. The van der Waals surface area contributed by atoms with Gasteiger partial charge in [0, 0.05) is 6.42 Å². The van der Waals surface area contributed by atoms with E-state index in [0.29, 0.717) is 30.8 Å². The van der Waals surface area contributed by atoms with E-state index >= 15 is 0 Å². The van der Waals surface area contributed by atoms with Gasteiger partial charge in [0.15, 0.2) is 11.9 Å². The van der Waals surface area contributed by atoms with Crippen molar-refractivity contribution in [3.05, 3.63) is 46.8 Å². The fourth-order valence-electron chi connectivity index (χ4n) is 2.82. The number of ether oxygens (including phenoxy) is 2. The molecular formula is C19H21NO5. The minimum absolute atomic E-state index is 0.0130. The Hall–Kier alpha value is -2.63. The van der Waals surface area contributed by atoms with Crippen LogP contribution >= 0.6 is 0 Å². The normalized spacial score (nSPS) is 17.4. The van der Waals surface area contributed by atoms with Crippen molar-refractivity contribution in [1.82, 2.24) is 5.16 Å². The Morgan fingerprint density at radius 3 is 2.64 bits per heavy atom. The maximum atomic E-state index is 12.2. The Balaban J connectivity index is 1.58. The Morgan fingerprint density at radius 1 is 1.24 bits per heavy atom. The Labute approximate surface area is 146 Å². The van der Waals surface area contributed by atoms with Crippen LogP contribution in [-0.2, 0) is 16.1 Å². The van der Waals surface area contributed by atoms with Crippen LogP contribution in [0.4, 0.5) is 0 Å². The number of aromatic nitrogens is 1. The second-order valence-electron chi connectivity index (χ2n) is 6.22. The largest absolute Gasteiger partial charge is 0.489 e.